The lowest BCUT2D eigenvalue weighted by Crippen LogP contribution is -2.54. The van der Waals surface area contributed by atoms with Crippen LogP contribution in [0.1, 0.15) is 50.7 Å². The number of fused-ring (bicyclic) bond motifs is 4. The Kier molecular flexibility index (Phi) is 8.80. The Balaban J connectivity index is 1.45. The van der Waals surface area contributed by atoms with Gasteiger partial charge in [0.15, 0.2) is 0 Å². The van der Waals surface area contributed by atoms with Gasteiger partial charge in [-0.05, 0) is 106 Å². The first kappa shape index (κ1) is 32.7. The zero-order valence-corrected chi connectivity index (χ0v) is 28.4. The minimum Gasteiger partial charge on any atom is -0.490 e. The van der Waals surface area contributed by atoms with Crippen molar-refractivity contribution in [1.82, 2.24) is 14.9 Å². The van der Waals surface area contributed by atoms with Crippen molar-refractivity contribution in [2.45, 2.75) is 67.8 Å². The molecule has 12 heteroatoms. The fourth-order valence-corrected chi connectivity index (χ4v) is 8.72. The van der Waals surface area contributed by atoms with Crippen molar-refractivity contribution in [3.05, 3.63) is 64.7 Å². The summed E-state index contributed by atoms with van der Waals surface area (Å²) in [5, 5.41) is 3.74. The Morgan fingerprint density at radius 2 is 1.98 bits per heavy atom. The fraction of sp³-hybridized carbons (Fsp3) is 0.529. The first-order valence-electron chi connectivity index (χ1n) is 15.9. The SMILES string of the molecule is COC(=O)N[C@@H]1/C=C/CN(C)C(C)(C)C(=O)NS(=O)(=O)c2ccc3c(c2)N(C[C@@H]2CC[C@H]21)C[C@@]1(CCCc2cc(Cl)ccc21)CO3. The second-order valence-corrected chi connectivity index (χ2v) is 15.8. The lowest BCUT2D eigenvalue weighted by Gasteiger charge is -2.46. The molecule has 2 aliphatic heterocycles. The Morgan fingerprint density at radius 3 is 2.72 bits per heavy atom. The predicted octanol–water partition coefficient (Wildman–Crippen LogP) is 4.65. The van der Waals surface area contributed by atoms with Crippen LogP contribution in [0.3, 0.4) is 0 Å². The number of methoxy groups -OCH3 is 1. The number of halogens is 1. The summed E-state index contributed by atoms with van der Waals surface area (Å²) in [6, 6.07) is 10.7. The van der Waals surface area contributed by atoms with Crippen molar-refractivity contribution in [2.75, 3.05) is 45.3 Å². The molecular weight excluding hydrogens is 628 g/mol. The molecule has 2 heterocycles. The highest BCUT2D eigenvalue weighted by atomic mass is 35.5. The average Bonchev–Trinajstić information content (AvgIpc) is 3.15. The number of carbonyl (C=O) groups is 2. The van der Waals surface area contributed by atoms with Gasteiger partial charge in [-0.2, -0.15) is 0 Å². The van der Waals surface area contributed by atoms with Gasteiger partial charge in [0, 0.05) is 30.1 Å². The van der Waals surface area contributed by atoms with Crippen molar-refractivity contribution in [1.29, 1.82) is 0 Å². The summed E-state index contributed by atoms with van der Waals surface area (Å²) in [6.07, 6.45) is 8.12. The molecule has 2 bridgehead atoms. The maximum atomic E-state index is 13.7. The van der Waals surface area contributed by atoms with Crippen LogP contribution in [0.4, 0.5) is 10.5 Å². The van der Waals surface area contributed by atoms with Crippen molar-refractivity contribution >= 4 is 39.3 Å². The maximum Gasteiger partial charge on any atom is 0.407 e. The van der Waals surface area contributed by atoms with Gasteiger partial charge in [0.25, 0.3) is 15.9 Å². The third-order valence-corrected chi connectivity index (χ3v) is 12.2. The second kappa shape index (κ2) is 12.4. The van der Waals surface area contributed by atoms with Gasteiger partial charge in [0.1, 0.15) is 5.75 Å². The number of nitrogens with one attached hydrogen (secondary N) is 2. The van der Waals surface area contributed by atoms with Gasteiger partial charge < -0.3 is 19.7 Å². The quantitative estimate of drug-likeness (QED) is 0.422. The number of hydrogen-bond acceptors (Lipinski definition) is 8. The Labute approximate surface area is 276 Å². The highest BCUT2D eigenvalue weighted by molar-refractivity contribution is 7.90. The van der Waals surface area contributed by atoms with Crippen LogP contribution in [-0.4, -0.2) is 77.3 Å². The summed E-state index contributed by atoms with van der Waals surface area (Å²) < 4.78 is 41.2. The molecule has 2 aromatic carbocycles. The highest BCUT2D eigenvalue weighted by Gasteiger charge is 2.45. The minimum atomic E-state index is -4.19. The maximum absolute atomic E-state index is 13.7. The fourth-order valence-electron chi connectivity index (χ4n) is 7.40. The summed E-state index contributed by atoms with van der Waals surface area (Å²) >= 11 is 6.41. The van der Waals surface area contributed by atoms with Gasteiger partial charge in [0.2, 0.25) is 0 Å². The van der Waals surface area contributed by atoms with Crippen LogP contribution in [0.5, 0.6) is 5.75 Å². The first-order chi connectivity index (χ1) is 21.8. The number of rotatable bonds is 1. The third-order valence-electron chi connectivity index (χ3n) is 10.6. The highest BCUT2D eigenvalue weighted by Crippen LogP contribution is 2.47. The lowest BCUT2D eigenvalue weighted by atomic mass is 9.68. The molecule has 0 radical (unpaired) electrons. The van der Waals surface area contributed by atoms with E-state index in [9.17, 15) is 18.0 Å². The van der Waals surface area contributed by atoms with Crippen LogP contribution in [-0.2, 0) is 31.4 Å². The molecule has 4 aliphatic rings. The zero-order valence-electron chi connectivity index (χ0n) is 26.8. The van der Waals surface area contributed by atoms with E-state index in [0.29, 0.717) is 42.7 Å². The van der Waals surface area contributed by atoms with Crippen LogP contribution in [0.15, 0.2) is 53.4 Å². The van der Waals surface area contributed by atoms with Crippen LogP contribution in [0.2, 0.25) is 5.02 Å². The Bertz CT molecular complexity index is 1660. The van der Waals surface area contributed by atoms with Crippen LogP contribution < -0.4 is 19.7 Å². The number of amides is 2. The molecule has 1 saturated carbocycles. The van der Waals surface area contributed by atoms with E-state index in [1.165, 1.54) is 24.3 Å². The largest absolute Gasteiger partial charge is 0.490 e. The Morgan fingerprint density at radius 1 is 1.17 bits per heavy atom. The smallest absolute Gasteiger partial charge is 0.407 e. The number of ether oxygens (including phenoxy) is 2. The minimum absolute atomic E-state index is 0.000753. The van der Waals surface area contributed by atoms with Crippen molar-refractivity contribution in [3.8, 4) is 5.75 Å². The number of hydrogen-bond donors (Lipinski definition) is 2. The predicted molar refractivity (Wildman–Crippen MR) is 177 cm³/mol. The van der Waals surface area contributed by atoms with Crippen molar-refractivity contribution in [3.63, 3.8) is 0 Å². The second-order valence-electron chi connectivity index (χ2n) is 13.7. The molecule has 10 nitrogen and oxygen atoms in total. The van der Waals surface area contributed by atoms with Crippen LogP contribution >= 0.6 is 11.6 Å². The zero-order chi connectivity index (χ0) is 32.9. The molecule has 0 saturated heterocycles. The number of anilines is 1. The summed E-state index contributed by atoms with van der Waals surface area (Å²) in [5.74, 6) is 0.311. The third kappa shape index (κ3) is 6.09. The number of benzene rings is 2. The monoisotopic (exact) mass is 670 g/mol. The van der Waals surface area contributed by atoms with E-state index in [1.54, 1.807) is 37.9 Å². The van der Waals surface area contributed by atoms with Gasteiger partial charge in [-0.3, -0.25) is 9.69 Å². The van der Waals surface area contributed by atoms with E-state index in [-0.39, 0.29) is 28.2 Å². The van der Waals surface area contributed by atoms with Gasteiger partial charge in [0.05, 0.1) is 35.9 Å². The molecular formula is C34H43ClN4O6S. The van der Waals surface area contributed by atoms with Gasteiger partial charge in [-0.25, -0.2) is 17.9 Å². The van der Waals surface area contributed by atoms with Crippen LogP contribution in [0.25, 0.3) is 0 Å². The molecule has 2 aliphatic carbocycles. The lowest BCUT2D eigenvalue weighted by molar-refractivity contribution is -0.128. The molecule has 248 valence electrons. The topological polar surface area (TPSA) is 117 Å². The van der Waals surface area contributed by atoms with Crippen LogP contribution in [0, 0.1) is 11.8 Å². The molecule has 1 spiro atoms. The van der Waals surface area contributed by atoms with Crippen molar-refractivity contribution in [2.24, 2.45) is 11.8 Å². The number of alkyl carbamates (subject to hydrolysis) is 1. The van der Waals surface area contributed by atoms with E-state index in [2.05, 4.69) is 21.0 Å². The molecule has 0 aromatic heterocycles. The normalized spacial score (nSPS) is 29.5. The molecule has 2 N–H and O–H groups in total. The van der Waals surface area contributed by atoms with E-state index in [1.807, 2.05) is 24.3 Å². The van der Waals surface area contributed by atoms with E-state index < -0.39 is 27.6 Å². The summed E-state index contributed by atoms with van der Waals surface area (Å²) in [7, 11) is -1.07. The molecule has 46 heavy (non-hydrogen) atoms. The van der Waals surface area contributed by atoms with Gasteiger partial charge >= 0.3 is 6.09 Å². The number of carbonyl (C=O) groups excluding carboxylic acids is 2. The summed E-state index contributed by atoms with van der Waals surface area (Å²) in [4.78, 5) is 29.9. The number of aryl methyl sites for hydroxylation is 1. The molecule has 6 rings (SSSR count). The van der Waals surface area contributed by atoms with Gasteiger partial charge in [-0.1, -0.05) is 29.8 Å². The molecule has 2 aromatic rings. The summed E-state index contributed by atoms with van der Waals surface area (Å²) in [6.45, 7) is 5.44. The molecule has 1 fully saturated rings. The molecule has 2 amide bonds. The standard InChI is InChI=1S/C34H43ClN4O6S/c1-33(2)31(40)37-46(42,43)25-11-14-30-29(18-25)39(20-34(21-45-30)15-5-7-22-17-24(35)10-13-27(22)34)19-23-9-12-26(23)28(36-32(41)44-4)8-6-16-38(33)3/h6,8,10-11,13-14,17-18,23,26,28H,5,7,9,12,15-16,19-21H2,1-4H3,(H,36,41)(H,37,40)/b8-6+/t23-,26+,28+,34-/m0/s1. The van der Waals surface area contributed by atoms with E-state index >= 15 is 0 Å². The number of sulfonamides is 1. The first-order valence-corrected chi connectivity index (χ1v) is 17.8. The number of likely N-dealkylation sites (N-methyl/N-ethyl adjacent to an activating group) is 1. The average molecular weight is 671 g/mol. The van der Waals surface area contributed by atoms with E-state index in [0.717, 1.165) is 32.1 Å². The van der Waals surface area contributed by atoms with Crippen molar-refractivity contribution < 1.29 is 27.5 Å². The summed E-state index contributed by atoms with van der Waals surface area (Å²) in [5.41, 5.74) is 1.63. The van der Waals surface area contributed by atoms with Gasteiger partial charge in [-0.15, -0.1) is 0 Å². The van der Waals surface area contributed by atoms with E-state index in [4.69, 9.17) is 21.1 Å². The number of nitrogens with zero attached hydrogens (tertiary/aromatic N) is 2. The molecule has 0 unspecified atom stereocenters. The Hall–Kier alpha value is -3.28. The molecule has 4 atom stereocenters.